The zero-order chi connectivity index (χ0) is 13.8. The van der Waals surface area contributed by atoms with Crippen LogP contribution in [0.25, 0.3) is 0 Å². The molecular weight excluding hydrogens is 308 g/mol. The third kappa shape index (κ3) is 3.81. The lowest BCUT2D eigenvalue weighted by Gasteiger charge is -2.13. The molecular formula is C14H17BrN2O2. The molecule has 1 unspecified atom stereocenters. The van der Waals surface area contributed by atoms with Crippen molar-refractivity contribution in [3.8, 4) is 5.75 Å². The largest absolute Gasteiger partial charge is 0.484 e. The molecule has 0 saturated carbocycles. The lowest BCUT2D eigenvalue weighted by molar-refractivity contribution is 0.245. The summed E-state index contributed by atoms with van der Waals surface area (Å²) < 4.78 is 11.9. The predicted octanol–water partition coefficient (Wildman–Crippen LogP) is 3.21. The standard InChI is InChI=1S/C14H17BrN2O2/c1-9(16)6-11-4-3-5-13(15)14(11)18-8-12-7-10(2)17-19-12/h3-5,7,9H,6,8,16H2,1-2H3. The lowest BCUT2D eigenvalue weighted by Crippen LogP contribution is -2.18. The Kier molecular flexibility index (Phi) is 4.61. The highest BCUT2D eigenvalue weighted by molar-refractivity contribution is 9.10. The Balaban J connectivity index is 2.14. The first-order valence-corrected chi connectivity index (χ1v) is 6.93. The third-order valence-corrected chi connectivity index (χ3v) is 3.25. The van der Waals surface area contributed by atoms with E-state index in [1.165, 1.54) is 0 Å². The Hall–Kier alpha value is -1.33. The van der Waals surface area contributed by atoms with E-state index in [0.717, 1.165) is 27.9 Å². The third-order valence-electron chi connectivity index (χ3n) is 2.63. The summed E-state index contributed by atoms with van der Waals surface area (Å²) in [4.78, 5) is 0. The molecule has 2 N–H and O–H groups in total. The predicted molar refractivity (Wildman–Crippen MR) is 77.1 cm³/mol. The van der Waals surface area contributed by atoms with Crippen LogP contribution in [0.2, 0.25) is 0 Å². The highest BCUT2D eigenvalue weighted by Gasteiger charge is 2.11. The van der Waals surface area contributed by atoms with Gasteiger partial charge in [0.25, 0.3) is 0 Å². The van der Waals surface area contributed by atoms with E-state index < -0.39 is 0 Å². The van der Waals surface area contributed by atoms with Gasteiger partial charge in [-0.25, -0.2) is 0 Å². The molecule has 5 heteroatoms. The number of ether oxygens (including phenoxy) is 1. The quantitative estimate of drug-likeness (QED) is 0.917. The van der Waals surface area contributed by atoms with Gasteiger partial charge >= 0.3 is 0 Å². The molecule has 2 rings (SSSR count). The smallest absolute Gasteiger partial charge is 0.174 e. The normalized spacial score (nSPS) is 12.4. The van der Waals surface area contributed by atoms with Gasteiger partial charge in [-0.1, -0.05) is 17.3 Å². The Morgan fingerprint density at radius 3 is 2.89 bits per heavy atom. The van der Waals surface area contributed by atoms with Gasteiger partial charge in [0.15, 0.2) is 5.76 Å². The van der Waals surface area contributed by atoms with Crippen molar-refractivity contribution in [1.29, 1.82) is 0 Å². The van der Waals surface area contributed by atoms with E-state index in [1.54, 1.807) is 0 Å². The summed E-state index contributed by atoms with van der Waals surface area (Å²) in [6.45, 7) is 4.22. The molecule has 0 bridgehead atoms. The zero-order valence-electron chi connectivity index (χ0n) is 11.0. The van der Waals surface area contributed by atoms with Gasteiger partial charge in [0.05, 0.1) is 10.2 Å². The Bertz CT molecular complexity index is 552. The molecule has 1 heterocycles. The number of nitrogens with two attached hydrogens (primary N) is 1. The maximum atomic E-state index is 5.85. The summed E-state index contributed by atoms with van der Waals surface area (Å²) in [5, 5.41) is 3.84. The number of benzene rings is 1. The summed E-state index contributed by atoms with van der Waals surface area (Å²) in [6.07, 6.45) is 0.768. The SMILES string of the molecule is Cc1cc(COc2c(Br)cccc2CC(C)N)on1. The van der Waals surface area contributed by atoms with Crippen molar-refractivity contribution in [3.63, 3.8) is 0 Å². The van der Waals surface area contributed by atoms with Crippen LogP contribution in [0.5, 0.6) is 5.75 Å². The van der Waals surface area contributed by atoms with Crippen LogP contribution < -0.4 is 10.5 Å². The Morgan fingerprint density at radius 2 is 2.26 bits per heavy atom. The van der Waals surface area contributed by atoms with Gasteiger partial charge in [-0.2, -0.15) is 0 Å². The molecule has 0 aliphatic rings. The molecule has 0 radical (unpaired) electrons. The fourth-order valence-corrected chi connectivity index (χ4v) is 2.37. The number of nitrogens with zero attached hydrogens (tertiary/aromatic N) is 1. The van der Waals surface area contributed by atoms with Crippen LogP contribution >= 0.6 is 15.9 Å². The van der Waals surface area contributed by atoms with Crippen LogP contribution in [0.4, 0.5) is 0 Å². The van der Waals surface area contributed by atoms with Crippen LogP contribution in [0, 0.1) is 6.92 Å². The van der Waals surface area contributed by atoms with E-state index in [4.69, 9.17) is 15.0 Å². The average molecular weight is 325 g/mol. The molecule has 0 saturated heterocycles. The molecule has 0 aliphatic carbocycles. The summed E-state index contributed by atoms with van der Waals surface area (Å²) in [5.41, 5.74) is 7.79. The first kappa shape index (κ1) is 14.1. The monoisotopic (exact) mass is 324 g/mol. The van der Waals surface area contributed by atoms with Gasteiger partial charge in [0.1, 0.15) is 12.4 Å². The van der Waals surface area contributed by atoms with Crippen molar-refractivity contribution < 1.29 is 9.26 Å². The van der Waals surface area contributed by atoms with Crippen LogP contribution in [0.3, 0.4) is 0 Å². The van der Waals surface area contributed by atoms with Gasteiger partial charge in [-0.15, -0.1) is 0 Å². The van der Waals surface area contributed by atoms with Crippen molar-refractivity contribution in [2.24, 2.45) is 5.73 Å². The van der Waals surface area contributed by atoms with Crippen molar-refractivity contribution in [2.45, 2.75) is 32.9 Å². The number of aromatic nitrogens is 1. The van der Waals surface area contributed by atoms with Gasteiger partial charge in [-0.3, -0.25) is 0 Å². The number of aryl methyl sites for hydroxylation is 1. The summed E-state index contributed by atoms with van der Waals surface area (Å²) in [6, 6.07) is 7.90. The van der Waals surface area contributed by atoms with E-state index in [0.29, 0.717) is 12.4 Å². The van der Waals surface area contributed by atoms with E-state index >= 15 is 0 Å². The van der Waals surface area contributed by atoms with E-state index in [-0.39, 0.29) is 6.04 Å². The van der Waals surface area contributed by atoms with Gasteiger partial charge < -0.3 is 15.0 Å². The van der Waals surface area contributed by atoms with Crippen molar-refractivity contribution in [3.05, 3.63) is 45.8 Å². The maximum Gasteiger partial charge on any atom is 0.174 e. The highest BCUT2D eigenvalue weighted by atomic mass is 79.9. The Morgan fingerprint density at radius 1 is 1.47 bits per heavy atom. The van der Waals surface area contributed by atoms with E-state index in [9.17, 15) is 0 Å². The molecule has 2 aromatic rings. The molecule has 4 nitrogen and oxygen atoms in total. The topological polar surface area (TPSA) is 61.3 Å². The molecule has 1 aromatic heterocycles. The number of hydrogen-bond acceptors (Lipinski definition) is 4. The summed E-state index contributed by atoms with van der Waals surface area (Å²) in [5.74, 6) is 1.52. The highest BCUT2D eigenvalue weighted by Crippen LogP contribution is 2.30. The lowest BCUT2D eigenvalue weighted by atomic mass is 10.1. The average Bonchev–Trinajstić information content (AvgIpc) is 2.73. The van der Waals surface area contributed by atoms with Gasteiger partial charge in [0.2, 0.25) is 0 Å². The Labute approximate surface area is 121 Å². The fraction of sp³-hybridized carbons (Fsp3) is 0.357. The molecule has 102 valence electrons. The number of para-hydroxylation sites is 1. The van der Waals surface area contributed by atoms with Crippen LogP contribution in [0.1, 0.15) is 23.9 Å². The second kappa shape index (κ2) is 6.21. The molecule has 1 atom stereocenters. The number of hydrogen-bond donors (Lipinski definition) is 1. The van der Waals surface area contributed by atoms with Gasteiger partial charge in [-0.05, 0) is 47.8 Å². The molecule has 19 heavy (non-hydrogen) atoms. The minimum Gasteiger partial charge on any atom is -0.484 e. The molecule has 0 amide bonds. The summed E-state index contributed by atoms with van der Waals surface area (Å²) >= 11 is 3.50. The van der Waals surface area contributed by atoms with Crippen LogP contribution in [-0.2, 0) is 13.0 Å². The van der Waals surface area contributed by atoms with E-state index in [1.807, 2.05) is 38.1 Å². The number of rotatable bonds is 5. The minimum absolute atomic E-state index is 0.0872. The maximum absolute atomic E-state index is 5.85. The molecule has 0 aliphatic heterocycles. The first-order valence-electron chi connectivity index (χ1n) is 6.14. The second-order valence-electron chi connectivity index (χ2n) is 4.63. The fourth-order valence-electron chi connectivity index (χ4n) is 1.85. The van der Waals surface area contributed by atoms with Crippen LogP contribution in [-0.4, -0.2) is 11.2 Å². The number of halogens is 1. The molecule has 0 fully saturated rings. The summed E-state index contributed by atoms with van der Waals surface area (Å²) in [7, 11) is 0. The molecule has 1 aromatic carbocycles. The van der Waals surface area contributed by atoms with Crippen molar-refractivity contribution in [2.75, 3.05) is 0 Å². The zero-order valence-corrected chi connectivity index (χ0v) is 12.6. The van der Waals surface area contributed by atoms with Gasteiger partial charge in [0, 0.05) is 12.1 Å². The second-order valence-corrected chi connectivity index (χ2v) is 5.49. The van der Waals surface area contributed by atoms with Crippen molar-refractivity contribution >= 4 is 15.9 Å². The van der Waals surface area contributed by atoms with Crippen LogP contribution in [0.15, 0.2) is 33.3 Å². The minimum atomic E-state index is 0.0872. The molecule has 0 spiro atoms. The van der Waals surface area contributed by atoms with E-state index in [2.05, 4.69) is 21.1 Å². The van der Waals surface area contributed by atoms with Crippen molar-refractivity contribution in [1.82, 2.24) is 5.16 Å². The first-order chi connectivity index (χ1) is 9.06.